The standard InChI is InChI=1S/C15H17NO4/c1-14(12(17)19-2)9-15(13(18)20-3)11(16(14)15)10-7-5-4-6-8-10/h4-8,11H,9H2,1-3H3/t11-,14-,15-,16?/m0/s1. The summed E-state index contributed by atoms with van der Waals surface area (Å²) < 4.78 is 9.79. The van der Waals surface area contributed by atoms with Gasteiger partial charge in [0.05, 0.1) is 20.3 Å². The van der Waals surface area contributed by atoms with Gasteiger partial charge in [-0.25, -0.2) is 4.79 Å². The Morgan fingerprint density at radius 2 is 1.75 bits per heavy atom. The molecular formula is C15H17NO4. The Balaban J connectivity index is 1.96. The number of hydrogen-bond donors (Lipinski definition) is 0. The van der Waals surface area contributed by atoms with Crippen LogP contribution in [0.15, 0.2) is 30.3 Å². The lowest BCUT2D eigenvalue weighted by Gasteiger charge is -2.41. The van der Waals surface area contributed by atoms with E-state index in [0.29, 0.717) is 6.42 Å². The second kappa shape index (κ2) is 4.06. The highest BCUT2D eigenvalue weighted by Crippen LogP contribution is 2.70. The maximum absolute atomic E-state index is 12.1. The highest BCUT2D eigenvalue weighted by molar-refractivity contribution is 5.96. The third-order valence-electron chi connectivity index (χ3n) is 4.50. The number of nitrogens with zero attached hydrogens (tertiary/aromatic N) is 1. The topological polar surface area (TPSA) is 55.6 Å². The molecule has 2 aliphatic heterocycles. The molecule has 20 heavy (non-hydrogen) atoms. The van der Waals surface area contributed by atoms with Crippen LogP contribution in [0.4, 0.5) is 0 Å². The van der Waals surface area contributed by atoms with Crippen LogP contribution in [0.25, 0.3) is 0 Å². The van der Waals surface area contributed by atoms with Crippen LogP contribution in [0.3, 0.4) is 0 Å². The minimum Gasteiger partial charge on any atom is -0.468 e. The van der Waals surface area contributed by atoms with Gasteiger partial charge in [0, 0.05) is 6.42 Å². The molecule has 0 bridgehead atoms. The first kappa shape index (κ1) is 13.1. The molecule has 4 atom stereocenters. The van der Waals surface area contributed by atoms with Crippen LogP contribution in [-0.4, -0.2) is 42.1 Å². The van der Waals surface area contributed by atoms with Crippen molar-refractivity contribution in [3.05, 3.63) is 35.9 Å². The maximum Gasteiger partial charge on any atom is 0.328 e. The molecule has 1 unspecified atom stereocenters. The molecule has 1 aromatic rings. The van der Waals surface area contributed by atoms with E-state index in [-0.39, 0.29) is 18.0 Å². The summed E-state index contributed by atoms with van der Waals surface area (Å²) >= 11 is 0. The molecule has 3 rings (SSSR count). The van der Waals surface area contributed by atoms with Gasteiger partial charge in [-0.1, -0.05) is 30.3 Å². The summed E-state index contributed by atoms with van der Waals surface area (Å²) in [4.78, 5) is 26.0. The van der Waals surface area contributed by atoms with Gasteiger partial charge in [0.2, 0.25) is 0 Å². The highest BCUT2D eigenvalue weighted by Gasteiger charge is 2.85. The summed E-state index contributed by atoms with van der Waals surface area (Å²) in [6, 6.07) is 9.59. The molecule has 0 radical (unpaired) electrons. The molecule has 0 N–H and O–H groups in total. The zero-order valence-electron chi connectivity index (χ0n) is 11.8. The zero-order chi connectivity index (χ0) is 14.5. The molecular weight excluding hydrogens is 258 g/mol. The Labute approximate surface area is 117 Å². The van der Waals surface area contributed by atoms with Gasteiger partial charge < -0.3 is 9.47 Å². The Bertz CT molecular complexity index is 572. The van der Waals surface area contributed by atoms with E-state index in [1.807, 2.05) is 42.2 Å². The number of fused-ring (bicyclic) bond motifs is 1. The number of methoxy groups -OCH3 is 2. The molecule has 0 spiro atoms. The van der Waals surface area contributed by atoms with Crippen LogP contribution in [0.2, 0.25) is 0 Å². The lowest BCUT2D eigenvalue weighted by atomic mass is 9.79. The fourth-order valence-electron chi connectivity index (χ4n) is 3.67. The largest absolute Gasteiger partial charge is 0.468 e. The van der Waals surface area contributed by atoms with Crippen LogP contribution < -0.4 is 0 Å². The van der Waals surface area contributed by atoms with Crippen molar-refractivity contribution in [3.63, 3.8) is 0 Å². The molecule has 2 heterocycles. The van der Waals surface area contributed by atoms with E-state index in [1.165, 1.54) is 14.2 Å². The number of esters is 2. The normalized spacial score (nSPS) is 37.4. The number of ether oxygens (including phenoxy) is 2. The van der Waals surface area contributed by atoms with Crippen molar-refractivity contribution in [2.24, 2.45) is 0 Å². The molecule has 2 fully saturated rings. The van der Waals surface area contributed by atoms with Gasteiger partial charge in [-0.2, -0.15) is 0 Å². The number of carbonyl (C=O) groups excluding carboxylic acids is 2. The minimum atomic E-state index is -0.747. The molecule has 2 saturated heterocycles. The van der Waals surface area contributed by atoms with Crippen LogP contribution in [0.1, 0.15) is 24.9 Å². The quantitative estimate of drug-likeness (QED) is 0.614. The van der Waals surface area contributed by atoms with Crippen LogP contribution in [-0.2, 0) is 19.1 Å². The Morgan fingerprint density at radius 1 is 1.15 bits per heavy atom. The van der Waals surface area contributed by atoms with Crippen molar-refractivity contribution < 1.29 is 19.1 Å². The average molecular weight is 275 g/mol. The van der Waals surface area contributed by atoms with E-state index >= 15 is 0 Å². The van der Waals surface area contributed by atoms with Gasteiger partial charge >= 0.3 is 11.9 Å². The van der Waals surface area contributed by atoms with Crippen molar-refractivity contribution in [2.75, 3.05) is 14.2 Å². The summed E-state index contributed by atoms with van der Waals surface area (Å²) in [5.41, 5.74) is -0.423. The molecule has 0 aromatic heterocycles. The van der Waals surface area contributed by atoms with Gasteiger partial charge in [-0.3, -0.25) is 9.69 Å². The summed E-state index contributed by atoms with van der Waals surface area (Å²) in [5.74, 6) is -0.594. The van der Waals surface area contributed by atoms with Crippen molar-refractivity contribution >= 4 is 11.9 Å². The minimum absolute atomic E-state index is 0.111. The monoisotopic (exact) mass is 275 g/mol. The van der Waals surface area contributed by atoms with E-state index in [0.717, 1.165) is 5.56 Å². The number of rotatable bonds is 3. The summed E-state index contributed by atoms with van der Waals surface area (Å²) in [6.45, 7) is 1.81. The second-order valence-corrected chi connectivity index (χ2v) is 5.54. The van der Waals surface area contributed by atoms with E-state index in [2.05, 4.69) is 0 Å². The molecule has 0 amide bonds. The molecule has 2 aliphatic rings. The molecule has 106 valence electrons. The van der Waals surface area contributed by atoms with E-state index in [1.54, 1.807) is 0 Å². The number of benzene rings is 1. The van der Waals surface area contributed by atoms with Crippen LogP contribution in [0.5, 0.6) is 0 Å². The van der Waals surface area contributed by atoms with E-state index < -0.39 is 11.1 Å². The predicted molar refractivity (Wildman–Crippen MR) is 70.8 cm³/mol. The van der Waals surface area contributed by atoms with Crippen LogP contribution >= 0.6 is 0 Å². The smallest absolute Gasteiger partial charge is 0.328 e. The number of hydrogen-bond acceptors (Lipinski definition) is 5. The first-order valence-corrected chi connectivity index (χ1v) is 6.53. The van der Waals surface area contributed by atoms with E-state index in [4.69, 9.17) is 9.47 Å². The van der Waals surface area contributed by atoms with Crippen molar-refractivity contribution in [1.82, 2.24) is 4.90 Å². The Hall–Kier alpha value is -1.88. The van der Waals surface area contributed by atoms with Crippen molar-refractivity contribution in [2.45, 2.75) is 30.5 Å². The Kier molecular flexibility index (Phi) is 2.66. The first-order chi connectivity index (χ1) is 9.52. The molecule has 1 aromatic carbocycles. The van der Waals surface area contributed by atoms with Gasteiger partial charge in [0.15, 0.2) is 0 Å². The molecule has 0 saturated carbocycles. The third kappa shape index (κ3) is 1.36. The lowest BCUT2D eigenvalue weighted by Crippen LogP contribution is -2.61. The maximum atomic E-state index is 12.1. The summed E-state index contributed by atoms with van der Waals surface area (Å²) in [6.07, 6.45) is 0.429. The summed E-state index contributed by atoms with van der Waals surface area (Å²) in [5, 5.41) is 0. The molecule has 5 heteroatoms. The van der Waals surface area contributed by atoms with Gasteiger partial charge in [-0.05, 0) is 12.5 Å². The molecule has 5 nitrogen and oxygen atoms in total. The average Bonchev–Trinajstić information content (AvgIpc) is 3.08. The third-order valence-corrected chi connectivity index (χ3v) is 4.50. The molecule has 0 aliphatic carbocycles. The van der Waals surface area contributed by atoms with Crippen molar-refractivity contribution in [1.29, 1.82) is 0 Å². The van der Waals surface area contributed by atoms with Gasteiger partial charge in [0.1, 0.15) is 11.1 Å². The first-order valence-electron chi connectivity index (χ1n) is 6.53. The van der Waals surface area contributed by atoms with Crippen LogP contribution in [0, 0.1) is 0 Å². The summed E-state index contributed by atoms with van der Waals surface area (Å²) in [7, 11) is 2.75. The number of carbonyl (C=O) groups is 2. The van der Waals surface area contributed by atoms with E-state index in [9.17, 15) is 9.59 Å². The fraction of sp³-hybridized carbons (Fsp3) is 0.467. The van der Waals surface area contributed by atoms with Gasteiger partial charge in [-0.15, -0.1) is 0 Å². The lowest BCUT2D eigenvalue weighted by molar-refractivity contribution is -0.165. The second-order valence-electron chi connectivity index (χ2n) is 5.54. The highest BCUT2D eigenvalue weighted by atomic mass is 16.5. The predicted octanol–water partition coefficient (Wildman–Crippen LogP) is 1.29. The van der Waals surface area contributed by atoms with Crippen molar-refractivity contribution in [3.8, 4) is 0 Å². The fourth-order valence-corrected chi connectivity index (χ4v) is 3.67. The zero-order valence-corrected chi connectivity index (χ0v) is 11.8. The van der Waals surface area contributed by atoms with Gasteiger partial charge in [0.25, 0.3) is 0 Å². The Morgan fingerprint density at radius 3 is 2.30 bits per heavy atom. The SMILES string of the molecule is COC(=O)[C@]1(C)C[C@@]2(C(=O)OC)[C@H](c3ccccc3)N12.